The van der Waals surface area contributed by atoms with Crippen molar-refractivity contribution in [3.8, 4) is 0 Å². The third kappa shape index (κ3) is 3.90. The summed E-state index contributed by atoms with van der Waals surface area (Å²) in [4.78, 5) is 9.18. The van der Waals surface area contributed by atoms with E-state index in [1.807, 2.05) is 6.92 Å². The Morgan fingerprint density at radius 3 is 2.55 bits per heavy atom. The SMILES string of the molecule is CCC(O)(CC)CN1CCCN(c2nc(C)ns2)CC1. The molecular formula is C14H26N4OS. The van der Waals surface area contributed by atoms with Gasteiger partial charge in [0.15, 0.2) is 0 Å². The van der Waals surface area contributed by atoms with Crippen LogP contribution in [0.15, 0.2) is 0 Å². The molecule has 114 valence electrons. The predicted octanol–water partition coefficient (Wildman–Crippen LogP) is 1.91. The van der Waals surface area contributed by atoms with E-state index in [1.165, 1.54) is 11.5 Å². The monoisotopic (exact) mass is 298 g/mol. The van der Waals surface area contributed by atoms with Gasteiger partial charge in [0.2, 0.25) is 5.13 Å². The van der Waals surface area contributed by atoms with Crippen molar-refractivity contribution < 1.29 is 5.11 Å². The van der Waals surface area contributed by atoms with E-state index in [0.717, 1.165) is 62.9 Å². The lowest BCUT2D eigenvalue weighted by atomic mass is 9.97. The molecule has 1 aliphatic rings. The first-order valence-corrected chi connectivity index (χ1v) is 8.33. The second kappa shape index (κ2) is 6.83. The highest BCUT2D eigenvalue weighted by Gasteiger charge is 2.27. The fourth-order valence-corrected chi connectivity index (χ4v) is 3.35. The molecule has 1 saturated heterocycles. The minimum Gasteiger partial charge on any atom is -0.389 e. The Morgan fingerprint density at radius 1 is 1.20 bits per heavy atom. The Kier molecular flexibility index (Phi) is 5.35. The maximum atomic E-state index is 10.5. The summed E-state index contributed by atoms with van der Waals surface area (Å²) in [7, 11) is 0. The van der Waals surface area contributed by atoms with E-state index < -0.39 is 5.60 Å². The minimum absolute atomic E-state index is 0.533. The average molecular weight is 298 g/mol. The molecule has 1 N–H and O–H groups in total. The van der Waals surface area contributed by atoms with Crippen molar-refractivity contribution in [3.63, 3.8) is 0 Å². The Balaban J connectivity index is 1.92. The van der Waals surface area contributed by atoms with Gasteiger partial charge in [0.25, 0.3) is 0 Å². The zero-order chi connectivity index (χ0) is 14.6. The van der Waals surface area contributed by atoms with Crippen molar-refractivity contribution in [1.29, 1.82) is 0 Å². The molecule has 1 aliphatic heterocycles. The second-order valence-corrected chi connectivity index (χ2v) is 6.40. The van der Waals surface area contributed by atoms with E-state index in [9.17, 15) is 5.11 Å². The number of aryl methyl sites for hydroxylation is 1. The van der Waals surface area contributed by atoms with Crippen molar-refractivity contribution in [1.82, 2.24) is 14.3 Å². The van der Waals surface area contributed by atoms with Gasteiger partial charge in [0.05, 0.1) is 5.60 Å². The van der Waals surface area contributed by atoms with E-state index in [4.69, 9.17) is 0 Å². The van der Waals surface area contributed by atoms with Crippen LogP contribution in [-0.4, -0.2) is 57.7 Å². The van der Waals surface area contributed by atoms with E-state index >= 15 is 0 Å². The number of hydrogen-bond acceptors (Lipinski definition) is 6. The minimum atomic E-state index is -0.533. The first-order valence-electron chi connectivity index (χ1n) is 7.56. The van der Waals surface area contributed by atoms with Crippen LogP contribution in [0.3, 0.4) is 0 Å². The third-order valence-electron chi connectivity index (χ3n) is 4.21. The van der Waals surface area contributed by atoms with Gasteiger partial charge in [0.1, 0.15) is 5.82 Å². The molecule has 2 rings (SSSR count). The topological polar surface area (TPSA) is 52.5 Å². The quantitative estimate of drug-likeness (QED) is 0.900. The largest absolute Gasteiger partial charge is 0.389 e. The highest BCUT2D eigenvalue weighted by Crippen LogP contribution is 2.21. The maximum absolute atomic E-state index is 10.5. The molecule has 0 atom stereocenters. The molecule has 1 fully saturated rings. The van der Waals surface area contributed by atoms with Crippen molar-refractivity contribution in [2.24, 2.45) is 0 Å². The Morgan fingerprint density at radius 2 is 1.95 bits per heavy atom. The van der Waals surface area contributed by atoms with Gasteiger partial charge in [-0.15, -0.1) is 0 Å². The van der Waals surface area contributed by atoms with Crippen molar-refractivity contribution in [3.05, 3.63) is 5.82 Å². The molecular weight excluding hydrogens is 272 g/mol. The van der Waals surface area contributed by atoms with Gasteiger partial charge in [-0.3, -0.25) is 4.90 Å². The first kappa shape index (κ1) is 15.7. The lowest BCUT2D eigenvalue weighted by molar-refractivity contribution is -0.00168. The van der Waals surface area contributed by atoms with E-state index in [2.05, 4.69) is 33.0 Å². The van der Waals surface area contributed by atoms with Crippen LogP contribution in [0.25, 0.3) is 0 Å². The molecule has 5 nitrogen and oxygen atoms in total. The summed E-state index contributed by atoms with van der Waals surface area (Å²) >= 11 is 1.49. The van der Waals surface area contributed by atoms with Gasteiger partial charge in [-0.25, -0.2) is 4.98 Å². The van der Waals surface area contributed by atoms with Crippen LogP contribution in [-0.2, 0) is 0 Å². The van der Waals surface area contributed by atoms with Gasteiger partial charge in [-0.2, -0.15) is 4.37 Å². The smallest absolute Gasteiger partial charge is 0.205 e. The standard InChI is InChI=1S/C14H26N4OS/c1-4-14(19,5-2)11-17-7-6-8-18(10-9-17)13-15-12(3)16-20-13/h19H,4-11H2,1-3H3. The van der Waals surface area contributed by atoms with E-state index in [0.29, 0.717) is 0 Å². The first-order chi connectivity index (χ1) is 9.56. The lowest BCUT2D eigenvalue weighted by Gasteiger charge is -2.32. The van der Waals surface area contributed by atoms with Crippen LogP contribution < -0.4 is 4.90 Å². The van der Waals surface area contributed by atoms with Gasteiger partial charge < -0.3 is 10.0 Å². The molecule has 0 aromatic carbocycles. The molecule has 1 aromatic heterocycles. The number of hydrogen-bond donors (Lipinski definition) is 1. The third-order valence-corrected chi connectivity index (χ3v) is 5.08. The van der Waals surface area contributed by atoms with Crippen LogP contribution in [0.2, 0.25) is 0 Å². The fraction of sp³-hybridized carbons (Fsp3) is 0.857. The van der Waals surface area contributed by atoms with Gasteiger partial charge in [-0.1, -0.05) is 13.8 Å². The second-order valence-electron chi connectivity index (χ2n) is 5.67. The van der Waals surface area contributed by atoms with Crippen molar-refractivity contribution >= 4 is 16.7 Å². The summed E-state index contributed by atoms with van der Waals surface area (Å²) in [5, 5.41) is 11.5. The normalized spacial score (nSPS) is 18.3. The molecule has 0 unspecified atom stereocenters. The van der Waals surface area contributed by atoms with Crippen LogP contribution in [0, 0.1) is 6.92 Å². The molecule has 0 saturated carbocycles. The molecule has 20 heavy (non-hydrogen) atoms. The summed E-state index contributed by atoms with van der Waals surface area (Å²) in [5.41, 5.74) is -0.533. The molecule has 0 spiro atoms. The number of aliphatic hydroxyl groups is 1. The van der Waals surface area contributed by atoms with Crippen molar-refractivity contribution in [2.75, 3.05) is 37.6 Å². The molecule has 1 aromatic rings. The average Bonchev–Trinajstić information content (AvgIpc) is 2.75. The molecule has 6 heteroatoms. The zero-order valence-electron chi connectivity index (χ0n) is 12.8. The summed E-state index contributed by atoms with van der Waals surface area (Å²) in [6.07, 6.45) is 2.75. The number of nitrogens with zero attached hydrogens (tertiary/aromatic N) is 4. The summed E-state index contributed by atoms with van der Waals surface area (Å²) in [5.74, 6) is 0.859. The van der Waals surface area contributed by atoms with Crippen molar-refractivity contribution in [2.45, 2.75) is 45.6 Å². The fourth-order valence-electron chi connectivity index (χ4n) is 2.62. The van der Waals surface area contributed by atoms with E-state index in [-0.39, 0.29) is 0 Å². The summed E-state index contributed by atoms with van der Waals surface area (Å²) in [6, 6.07) is 0. The lowest BCUT2D eigenvalue weighted by Crippen LogP contribution is -2.43. The Labute approximate surface area is 125 Å². The van der Waals surface area contributed by atoms with Crippen LogP contribution in [0.4, 0.5) is 5.13 Å². The Hall–Kier alpha value is -0.720. The predicted molar refractivity (Wildman–Crippen MR) is 83.4 cm³/mol. The molecule has 2 heterocycles. The van der Waals surface area contributed by atoms with Gasteiger partial charge in [0, 0.05) is 44.3 Å². The molecule has 0 aliphatic carbocycles. The summed E-state index contributed by atoms with van der Waals surface area (Å²) in [6.45, 7) is 10.9. The molecule has 0 bridgehead atoms. The highest BCUT2D eigenvalue weighted by atomic mass is 32.1. The summed E-state index contributed by atoms with van der Waals surface area (Å²) < 4.78 is 4.26. The van der Waals surface area contributed by atoms with Crippen LogP contribution in [0.5, 0.6) is 0 Å². The Bertz CT molecular complexity index is 419. The zero-order valence-corrected chi connectivity index (χ0v) is 13.6. The number of anilines is 1. The highest BCUT2D eigenvalue weighted by molar-refractivity contribution is 7.09. The number of β-amino-alcohol motifs (C(OH)–C–C–N with tert-alkyl or cyclic N) is 1. The number of aromatic nitrogens is 2. The van der Waals surface area contributed by atoms with Gasteiger partial charge >= 0.3 is 0 Å². The molecule has 0 radical (unpaired) electrons. The van der Waals surface area contributed by atoms with Crippen LogP contribution in [0.1, 0.15) is 38.9 Å². The van der Waals surface area contributed by atoms with Crippen LogP contribution >= 0.6 is 11.5 Å². The molecule has 0 amide bonds. The van der Waals surface area contributed by atoms with E-state index in [1.54, 1.807) is 0 Å². The maximum Gasteiger partial charge on any atom is 0.205 e. The van der Waals surface area contributed by atoms with Gasteiger partial charge in [-0.05, 0) is 26.2 Å². The number of rotatable bonds is 5.